The molecule has 7 heteroatoms. The predicted molar refractivity (Wildman–Crippen MR) is 90.1 cm³/mol. The molecule has 0 radical (unpaired) electrons. The molecule has 0 saturated heterocycles. The van der Waals surface area contributed by atoms with E-state index in [0.29, 0.717) is 16.8 Å². The minimum Gasteiger partial charge on any atom is -0.548 e. The van der Waals surface area contributed by atoms with Gasteiger partial charge in [0.05, 0.1) is 30.8 Å². The van der Waals surface area contributed by atoms with Crippen molar-refractivity contribution in [2.45, 2.75) is 19.9 Å². The van der Waals surface area contributed by atoms with Crippen molar-refractivity contribution in [3.05, 3.63) is 46.3 Å². The number of benzene rings is 1. The average Bonchev–Trinajstić information content (AvgIpc) is 3.00. The third-order valence-corrected chi connectivity index (χ3v) is 4.38. The van der Waals surface area contributed by atoms with Crippen LogP contribution >= 0.6 is 11.3 Å². The maximum Gasteiger partial charge on any atom is 0.263 e. The fourth-order valence-electron chi connectivity index (χ4n) is 2.38. The van der Waals surface area contributed by atoms with Crippen LogP contribution in [0.1, 0.15) is 13.3 Å². The molecule has 3 aromatic rings. The van der Waals surface area contributed by atoms with Crippen molar-refractivity contribution in [3.8, 4) is 16.9 Å². The number of thiophene rings is 1. The van der Waals surface area contributed by atoms with Gasteiger partial charge in [-0.05, 0) is 24.1 Å². The average molecular weight is 343 g/mol. The van der Waals surface area contributed by atoms with E-state index in [2.05, 4.69) is 4.98 Å². The van der Waals surface area contributed by atoms with E-state index in [1.807, 2.05) is 36.6 Å². The Hall–Kier alpha value is -2.67. The van der Waals surface area contributed by atoms with Gasteiger partial charge in [0, 0.05) is 10.9 Å². The Morgan fingerprint density at radius 3 is 2.75 bits per heavy atom. The van der Waals surface area contributed by atoms with Crippen LogP contribution in [-0.4, -0.2) is 22.1 Å². The predicted octanol–water partition coefficient (Wildman–Crippen LogP) is 1.66. The maximum absolute atomic E-state index is 12.5. The summed E-state index contributed by atoms with van der Waals surface area (Å²) in [5.41, 5.74) is 1.21. The molecule has 1 aromatic carbocycles. The molecule has 0 aliphatic carbocycles. The quantitative estimate of drug-likeness (QED) is 0.680. The van der Waals surface area contributed by atoms with Gasteiger partial charge in [0.1, 0.15) is 10.6 Å². The van der Waals surface area contributed by atoms with Gasteiger partial charge < -0.3 is 14.6 Å². The molecule has 6 nitrogen and oxygen atoms in total. The molecule has 0 fully saturated rings. The van der Waals surface area contributed by atoms with Crippen LogP contribution in [0.4, 0.5) is 0 Å². The van der Waals surface area contributed by atoms with Crippen LogP contribution in [-0.2, 0) is 11.3 Å². The molecule has 0 spiro atoms. The number of fused-ring (bicyclic) bond motifs is 1. The van der Waals surface area contributed by atoms with E-state index in [-0.39, 0.29) is 5.56 Å². The van der Waals surface area contributed by atoms with Crippen LogP contribution in [0, 0.1) is 0 Å². The Kier molecular flexibility index (Phi) is 4.61. The topological polar surface area (TPSA) is 84.2 Å². The highest BCUT2D eigenvalue weighted by atomic mass is 32.1. The smallest absolute Gasteiger partial charge is 0.263 e. The summed E-state index contributed by atoms with van der Waals surface area (Å²) in [4.78, 5) is 28.0. The third-order valence-electron chi connectivity index (χ3n) is 3.50. The molecule has 0 saturated carbocycles. The summed E-state index contributed by atoms with van der Waals surface area (Å²) in [6.45, 7) is 2.18. The number of aliphatic carboxylic acids is 1. The van der Waals surface area contributed by atoms with Crippen LogP contribution in [0.25, 0.3) is 21.3 Å². The summed E-state index contributed by atoms with van der Waals surface area (Å²) in [5.74, 6) is -0.555. The zero-order valence-electron chi connectivity index (χ0n) is 13.0. The second-order valence-corrected chi connectivity index (χ2v) is 6.11. The fourth-order valence-corrected chi connectivity index (χ4v) is 3.29. The van der Waals surface area contributed by atoms with E-state index >= 15 is 0 Å². The molecule has 2 heterocycles. The number of carboxylic acid groups (broad SMARTS) is 1. The number of rotatable bonds is 6. The molecule has 0 unspecified atom stereocenters. The summed E-state index contributed by atoms with van der Waals surface area (Å²) in [6, 6.07) is 7.46. The molecule has 3 rings (SSSR count). The molecule has 124 valence electrons. The second kappa shape index (κ2) is 6.84. The molecule has 24 heavy (non-hydrogen) atoms. The Morgan fingerprint density at radius 2 is 2.08 bits per heavy atom. The fraction of sp³-hybridized carbons (Fsp3) is 0.235. The Labute approximate surface area is 142 Å². The molecule has 0 atom stereocenters. The second-order valence-electron chi connectivity index (χ2n) is 5.25. The van der Waals surface area contributed by atoms with Crippen molar-refractivity contribution in [2.24, 2.45) is 0 Å². The first kappa shape index (κ1) is 16.2. The molecular weight excluding hydrogens is 328 g/mol. The lowest BCUT2D eigenvalue weighted by molar-refractivity contribution is -0.306. The highest BCUT2D eigenvalue weighted by molar-refractivity contribution is 7.17. The molecule has 2 aromatic heterocycles. The van der Waals surface area contributed by atoms with Crippen LogP contribution in [0.2, 0.25) is 0 Å². The van der Waals surface area contributed by atoms with Gasteiger partial charge in [0.25, 0.3) is 5.56 Å². The lowest BCUT2D eigenvalue weighted by Crippen LogP contribution is -2.32. The van der Waals surface area contributed by atoms with Crippen molar-refractivity contribution >= 4 is 27.5 Å². The van der Waals surface area contributed by atoms with Gasteiger partial charge >= 0.3 is 0 Å². The minimum absolute atomic E-state index is 0.383. The Balaban J connectivity index is 2.03. The van der Waals surface area contributed by atoms with E-state index in [9.17, 15) is 14.7 Å². The summed E-state index contributed by atoms with van der Waals surface area (Å²) < 4.78 is 6.60. The number of hydrogen-bond donors (Lipinski definition) is 0. The molecule has 0 aliphatic rings. The normalized spacial score (nSPS) is 10.9. The molecule has 0 N–H and O–H groups in total. The van der Waals surface area contributed by atoms with Crippen LogP contribution in [0.3, 0.4) is 0 Å². The summed E-state index contributed by atoms with van der Waals surface area (Å²) in [6.07, 6.45) is 2.17. The highest BCUT2D eigenvalue weighted by Crippen LogP contribution is 2.31. The van der Waals surface area contributed by atoms with Gasteiger partial charge in [-0.3, -0.25) is 9.36 Å². The van der Waals surface area contributed by atoms with Gasteiger partial charge in [-0.25, -0.2) is 4.98 Å². The van der Waals surface area contributed by atoms with Crippen molar-refractivity contribution < 1.29 is 14.6 Å². The minimum atomic E-state index is -1.33. The summed E-state index contributed by atoms with van der Waals surface area (Å²) in [7, 11) is 0. The molecule has 0 bridgehead atoms. The number of carbonyl (C=O) groups excluding carboxylic acids is 1. The first-order chi connectivity index (χ1) is 11.6. The van der Waals surface area contributed by atoms with Gasteiger partial charge in [0.2, 0.25) is 0 Å². The highest BCUT2D eigenvalue weighted by Gasteiger charge is 2.13. The van der Waals surface area contributed by atoms with Gasteiger partial charge in [-0.2, -0.15) is 0 Å². The first-order valence-electron chi connectivity index (χ1n) is 7.50. The Morgan fingerprint density at radius 1 is 1.33 bits per heavy atom. The van der Waals surface area contributed by atoms with E-state index in [4.69, 9.17) is 4.74 Å². The van der Waals surface area contributed by atoms with E-state index in [1.54, 1.807) is 0 Å². The van der Waals surface area contributed by atoms with E-state index in [0.717, 1.165) is 27.9 Å². The van der Waals surface area contributed by atoms with Gasteiger partial charge in [-0.1, -0.05) is 19.1 Å². The molecular formula is C17H15N2O4S-. The standard InChI is InChI=1S/C17H16N2O4S/c1-2-7-23-12-5-3-11(4-6-12)13-9-24-16-15(13)17(22)19(10-18-16)8-14(20)21/h3-6,9-10H,2,7-8H2,1H3,(H,20,21)/p-1. The van der Waals surface area contributed by atoms with Crippen molar-refractivity contribution in [1.29, 1.82) is 0 Å². The summed E-state index contributed by atoms with van der Waals surface area (Å²) in [5, 5.41) is 13.0. The number of ether oxygens (including phenoxy) is 1. The zero-order valence-corrected chi connectivity index (χ0v) is 13.8. The number of hydrogen-bond acceptors (Lipinski definition) is 6. The van der Waals surface area contributed by atoms with Crippen molar-refractivity contribution in [3.63, 3.8) is 0 Å². The Bertz CT molecular complexity index is 928. The lowest BCUT2D eigenvalue weighted by atomic mass is 10.1. The molecule has 0 amide bonds. The van der Waals surface area contributed by atoms with Crippen LogP contribution in [0.5, 0.6) is 5.75 Å². The lowest BCUT2D eigenvalue weighted by Gasteiger charge is -2.07. The van der Waals surface area contributed by atoms with Gasteiger partial charge in [-0.15, -0.1) is 11.3 Å². The van der Waals surface area contributed by atoms with Crippen LogP contribution in [0.15, 0.2) is 40.8 Å². The maximum atomic E-state index is 12.5. The number of carbonyl (C=O) groups is 1. The zero-order chi connectivity index (χ0) is 17.1. The number of aromatic nitrogens is 2. The molecule has 0 aliphatic heterocycles. The first-order valence-corrected chi connectivity index (χ1v) is 8.38. The monoisotopic (exact) mass is 343 g/mol. The van der Waals surface area contributed by atoms with Crippen molar-refractivity contribution in [1.82, 2.24) is 9.55 Å². The summed E-state index contributed by atoms with van der Waals surface area (Å²) >= 11 is 1.35. The SMILES string of the molecule is CCCOc1ccc(-c2csc3ncn(CC(=O)[O-])c(=O)c23)cc1. The van der Waals surface area contributed by atoms with E-state index in [1.165, 1.54) is 17.7 Å². The number of carboxylic acids is 1. The third kappa shape index (κ3) is 3.16. The van der Waals surface area contributed by atoms with E-state index < -0.39 is 12.5 Å². The van der Waals surface area contributed by atoms with Gasteiger partial charge in [0.15, 0.2) is 0 Å². The van der Waals surface area contributed by atoms with Crippen LogP contribution < -0.4 is 15.4 Å². The van der Waals surface area contributed by atoms with Crippen molar-refractivity contribution in [2.75, 3.05) is 6.61 Å². The number of nitrogens with zero attached hydrogens (tertiary/aromatic N) is 2. The largest absolute Gasteiger partial charge is 0.548 e.